The van der Waals surface area contributed by atoms with Crippen LogP contribution in [0.1, 0.15) is 36.7 Å². The van der Waals surface area contributed by atoms with E-state index in [0.29, 0.717) is 11.3 Å². The molecule has 0 atom stereocenters. The van der Waals surface area contributed by atoms with Crippen LogP contribution in [0.5, 0.6) is 5.75 Å². The van der Waals surface area contributed by atoms with Crippen molar-refractivity contribution in [1.82, 2.24) is 0 Å². The minimum Gasteiger partial charge on any atom is -0.496 e. The molecule has 17 heavy (non-hydrogen) atoms. The Morgan fingerprint density at radius 1 is 1.35 bits per heavy atom. The second-order valence-electron chi connectivity index (χ2n) is 5.40. The topological polar surface area (TPSA) is 52.3 Å². The van der Waals surface area contributed by atoms with Crippen LogP contribution in [0.15, 0.2) is 18.2 Å². The number of methoxy groups -OCH3 is 1. The van der Waals surface area contributed by atoms with Gasteiger partial charge in [0.05, 0.1) is 19.2 Å². The first-order valence-electron chi connectivity index (χ1n) is 5.77. The fourth-order valence-corrected chi connectivity index (χ4v) is 1.81. The Hall–Kier alpha value is -1.35. The molecule has 1 aromatic rings. The quantitative estimate of drug-likeness (QED) is 0.815. The van der Waals surface area contributed by atoms with Crippen molar-refractivity contribution >= 4 is 5.78 Å². The first kappa shape index (κ1) is 13.7. The second-order valence-corrected chi connectivity index (χ2v) is 5.40. The van der Waals surface area contributed by atoms with Crippen molar-refractivity contribution in [2.24, 2.45) is 11.1 Å². The number of ketones is 1. The molecule has 94 valence electrons. The van der Waals surface area contributed by atoms with E-state index in [1.807, 2.05) is 18.2 Å². The molecule has 0 unspecified atom stereocenters. The zero-order valence-corrected chi connectivity index (χ0v) is 11.0. The zero-order chi connectivity index (χ0) is 13.1. The van der Waals surface area contributed by atoms with Crippen molar-refractivity contribution in [3.63, 3.8) is 0 Å². The van der Waals surface area contributed by atoms with Gasteiger partial charge in [-0.25, -0.2) is 0 Å². The molecule has 0 fully saturated rings. The van der Waals surface area contributed by atoms with E-state index < -0.39 is 0 Å². The highest BCUT2D eigenvalue weighted by molar-refractivity contribution is 6.00. The van der Waals surface area contributed by atoms with Gasteiger partial charge in [0.25, 0.3) is 0 Å². The van der Waals surface area contributed by atoms with Crippen LogP contribution in [-0.4, -0.2) is 19.4 Å². The lowest BCUT2D eigenvalue weighted by Gasteiger charge is -2.19. The highest BCUT2D eigenvalue weighted by Gasteiger charge is 2.15. The average molecular weight is 235 g/mol. The number of rotatable bonds is 4. The molecule has 0 aliphatic heterocycles. The SMILES string of the molecule is COc1ccc(CC(C)(C)C)cc1C(=O)CN. The van der Waals surface area contributed by atoms with Crippen molar-refractivity contribution in [2.75, 3.05) is 13.7 Å². The number of ether oxygens (including phenoxy) is 1. The van der Waals surface area contributed by atoms with Crippen molar-refractivity contribution in [1.29, 1.82) is 0 Å². The maximum atomic E-state index is 11.7. The third kappa shape index (κ3) is 3.86. The highest BCUT2D eigenvalue weighted by atomic mass is 16.5. The fourth-order valence-electron chi connectivity index (χ4n) is 1.81. The van der Waals surface area contributed by atoms with Crippen molar-refractivity contribution in [3.8, 4) is 5.75 Å². The molecular weight excluding hydrogens is 214 g/mol. The molecule has 0 radical (unpaired) electrons. The summed E-state index contributed by atoms with van der Waals surface area (Å²) in [6.45, 7) is 6.51. The van der Waals surface area contributed by atoms with Crippen LogP contribution in [0.3, 0.4) is 0 Å². The molecule has 0 bridgehead atoms. The number of carbonyl (C=O) groups is 1. The summed E-state index contributed by atoms with van der Waals surface area (Å²) in [5.41, 5.74) is 7.31. The lowest BCUT2D eigenvalue weighted by molar-refractivity contribution is 0.0998. The molecular formula is C14H21NO2. The number of Topliss-reactive ketones (excluding diaryl/α,β-unsaturated/α-hetero) is 1. The normalized spacial score (nSPS) is 11.4. The summed E-state index contributed by atoms with van der Waals surface area (Å²) in [7, 11) is 1.56. The van der Waals surface area contributed by atoms with Crippen LogP contribution < -0.4 is 10.5 Å². The molecule has 0 saturated heterocycles. The van der Waals surface area contributed by atoms with Crippen molar-refractivity contribution < 1.29 is 9.53 Å². The standard InChI is InChI=1S/C14H21NO2/c1-14(2,3)8-10-5-6-13(17-4)11(7-10)12(16)9-15/h5-7H,8-9,15H2,1-4H3. The summed E-state index contributed by atoms with van der Waals surface area (Å²) < 4.78 is 5.18. The second kappa shape index (κ2) is 5.32. The van der Waals surface area contributed by atoms with Crippen LogP contribution in [-0.2, 0) is 6.42 Å². The monoisotopic (exact) mass is 235 g/mol. The van der Waals surface area contributed by atoms with E-state index in [-0.39, 0.29) is 17.7 Å². The Morgan fingerprint density at radius 3 is 2.47 bits per heavy atom. The molecule has 1 rings (SSSR count). The molecule has 0 amide bonds. The smallest absolute Gasteiger partial charge is 0.180 e. The van der Waals surface area contributed by atoms with Gasteiger partial charge in [0.2, 0.25) is 0 Å². The van der Waals surface area contributed by atoms with Gasteiger partial charge in [-0.05, 0) is 29.5 Å². The predicted molar refractivity (Wildman–Crippen MR) is 69.5 cm³/mol. The largest absolute Gasteiger partial charge is 0.496 e. The maximum Gasteiger partial charge on any atom is 0.180 e. The van der Waals surface area contributed by atoms with Gasteiger partial charge in [0, 0.05) is 0 Å². The van der Waals surface area contributed by atoms with E-state index in [1.165, 1.54) is 0 Å². The molecule has 0 saturated carbocycles. The van der Waals surface area contributed by atoms with Crippen LogP contribution in [0, 0.1) is 5.41 Å². The Morgan fingerprint density at radius 2 is 2.00 bits per heavy atom. The van der Waals surface area contributed by atoms with Gasteiger partial charge in [-0.15, -0.1) is 0 Å². The van der Waals surface area contributed by atoms with E-state index >= 15 is 0 Å². The summed E-state index contributed by atoms with van der Waals surface area (Å²) in [4.78, 5) is 11.7. The maximum absolute atomic E-state index is 11.7. The Labute approximate surface area is 103 Å². The fraction of sp³-hybridized carbons (Fsp3) is 0.500. The van der Waals surface area contributed by atoms with Gasteiger partial charge in [0.1, 0.15) is 5.75 Å². The molecule has 2 N–H and O–H groups in total. The lowest BCUT2D eigenvalue weighted by atomic mass is 9.87. The van der Waals surface area contributed by atoms with Gasteiger partial charge in [-0.3, -0.25) is 4.79 Å². The third-order valence-electron chi connectivity index (χ3n) is 2.48. The predicted octanol–water partition coefficient (Wildman–Crippen LogP) is 2.43. The lowest BCUT2D eigenvalue weighted by Crippen LogP contribution is -2.16. The summed E-state index contributed by atoms with van der Waals surface area (Å²) in [6.07, 6.45) is 0.918. The van der Waals surface area contributed by atoms with Crippen LogP contribution in [0.25, 0.3) is 0 Å². The molecule has 0 heterocycles. The van der Waals surface area contributed by atoms with E-state index in [0.717, 1.165) is 12.0 Å². The van der Waals surface area contributed by atoms with Gasteiger partial charge in [-0.2, -0.15) is 0 Å². The average Bonchev–Trinajstić information content (AvgIpc) is 2.25. The number of carbonyl (C=O) groups excluding carboxylic acids is 1. The number of nitrogens with two attached hydrogens (primary N) is 1. The number of hydrogen-bond donors (Lipinski definition) is 1. The molecule has 0 aliphatic carbocycles. The molecule has 3 heteroatoms. The minimum absolute atomic E-state index is 0.00926. The summed E-state index contributed by atoms with van der Waals surface area (Å²) in [5.74, 6) is 0.510. The van der Waals surface area contributed by atoms with E-state index in [2.05, 4.69) is 20.8 Å². The molecule has 0 spiro atoms. The summed E-state index contributed by atoms with van der Waals surface area (Å²) in [6, 6.07) is 5.72. The third-order valence-corrected chi connectivity index (χ3v) is 2.48. The Balaban J connectivity index is 3.09. The van der Waals surface area contributed by atoms with Gasteiger partial charge >= 0.3 is 0 Å². The summed E-state index contributed by atoms with van der Waals surface area (Å²) >= 11 is 0. The number of hydrogen-bond acceptors (Lipinski definition) is 3. The molecule has 0 aromatic heterocycles. The van der Waals surface area contributed by atoms with Crippen LogP contribution in [0.2, 0.25) is 0 Å². The molecule has 3 nitrogen and oxygen atoms in total. The van der Waals surface area contributed by atoms with Crippen LogP contribution in [0.4, 0.5) is 0 Å². The molecule has 0 aliphatic rings. The number of benzene rings is 1. The van der Waals surface area contributed by atoms with E-state index in [9.17, 15) is 4.79 Å². The van der Waals surface area contributed by atoms with Crippen molar-refractivity contribution in [2.45, 2.75) is 27.2 Å². The van der Waals surface area contributed by atoms with Gasteiger partial charge in [-0.1, -0.05) is 26.8 Å². The first-order chi connectivity index (χ1) is 7.87. The Bertz CT molecular complexity index is 405. The van der Waals surface area contributed by atoms with Gasteiger partial charge in [0.15, 0.2) is 5.78 Å². The van der Waals surface area contributed by atoms with Crippen molar-refractivity contribution in [3.05, 3.63) is 29.3 Å². The summed E-state index contributed by atoms with van der Waals surface area (Å²) in [5, 5.41) is 0. The highest BCUT2D eigenvalue weighted by Crippen LogP contribution is 2.25. The Kier molecular flexibility index (Phi) is 4.29. The zero-order valence-electron chi connectivity index (χ0n) is 11.0. The first-order valence-corrected chi connectivity index (χ1v) is 5.77. The van der Waals surface area contributed by atoms with E-state index in [1.54, 1.807) is 7.11 Å². The van der Waals surface area contributed by atoms with Gasteiger partial charge < -0.3 is 10.5 Å². The van der Waals surface area contributed by atoms with Crippen LogP contribution >= 0.6 is 0 Å². The van der Waals surface area contributed by atoms with E-state index in [4.69, 9.17) is 10.5 Å². The molecule has 1 aromatic carbocycles. The minimum atomic E-state index is -0.0855.